The van der Waals surface area contributed by atoms with E-state index < -0.39 is 36.7 Å². The Labute approximate surface area is 74.1 Å². The first-order valence-corrected chi connectivity index (χ1v) is 3.68. The van der Waals surface area contributed by atoms with Crippen molar-refractivity contribution in [2.75, 3.05) is 13.7 Å². The van der Waals surface area contributed by atoms with Gasteiger partial charge in [-0.15, -0.1) is 0 Å². The van der Waals surface area contributed by atoms with Crippen LogP contribution in [0.3, 0.4) is 0 Å². The minimum absolute atomic E-state index is 0.432. The predicted octanol–water partition coefficient (Wildman–Crippen LogP) is -2.15. The molecule has 0 amide bonds. The maximum absolute atomic E-state index is 10.8. The second-order valence-electron chi connectivity index (χ2n) is 2.64. The lowest BCUT2D eigenvalue weighted by Crippen LogP contribution is -2.40. The van der Waals surface area contributed by atoms with Crippen molar-refractivity contribution in [3.63, 3.8) is 0 Å². The van der Waals surface area contributed by atoms with Gasteiger partial charge in [0.05, 0.1) is 6.61 Å². The molecule has 0 saturated carbocycles. The molecule has 0 aromatic carbocycles. The number of cyclic esters (lactones) is 1. The molecule has 13 heavy (non-hydrogen) atoms. The second-order valence-corrected chi connectivity index (χ2v) is 2.64. The number of hydrogen-bond donors (Lipinski definition) is 2. The van der Waals surface area contributed by atoms with E-state index in [1.165, 1.54) is 7.11 Å². The molecule has 0 bridgehead atoms. The number of carbonyl (C=O) groups excluding carboxylic acids is 2. The average Bonchev–Trinajstić information content (AvgIpc) is 2.36. The van der Waals surface area contributed by atoms with Gasteiger partial charge in [0, 0.05) is 7.11 Å². The van der Waals surface area contributed by atoms with E-state index in [1.54, 1.807) is 0 Å². The smallest absolute Gasteiger partial charge is 0.378 e. The summed E-state index contributed by atoms with van der Waals surface area (Å²) >= 11 is 0. The topological polar surface area (TPSA) is 93.1 Å². The van der Waals surface area contributed by atoms with E-state index in [-0.39, 0.29) is 0 Å². The fourth-order valence-electron chi connectivity index (χ4n) is 1.11. The Morgan fingerprint density at radius 2 is 2.23 bits per heavy atom. The van der Waals surface area contributed by atoms with Crippen LogP contribution in [0.25, 0.3) is 0 Å². The quantitative estimate of drug-likeness (QED) is 0.389. The number of ether oxygens (including phenoxy) is 2. The Kier molecular flexibility index (Phi) is 2.97. The van der Waals surface area contributed by atoms with Crippen LogP contribution in [0, 0.1) is 0 Å². The van der Waals surface area contributed by atoms with Crippen LogP contribution in [0.1, 0.15) is 0 Å². The Morgan fingerprint density at radius 1 is 1.62 bits per heavy atom. The number of hydrogen-bond acceptors (Lipinski definition) is 6. The van der Waals surface area contributed by atoms with Crippen LogP contribution in [0.2, 0.25) is 0 Å². The Bertz CT molecular complexity index is 221. The molecule has 1 saturated heterocycles. The van der Waals surface area contributed by atoms with Crippen molar-refractivity contribution in [1.29, 1.82) is 0 Å². The Hall–Kier alpha value is -0.980. The molecule has 1 unspecified atom stereocenters. The van der Waals surface area contributed by atoms with Crippen molar-refractivity contribution >= 4 is 11.8 Å². The molecule has 0 aromatic rings. The predicted molar refractivity (Wildman–Crippen MR) is 38.8 cm³/mol. The highest BCUT2D eigenvalue weighted by molar-refractivity contribution is 6.37. The third-order valence-electron chi connectivity index (χ3n) is 1.87. The summed E-state index contributed by atoms with van der Waals surface area (Å²) in [5, 5.41) is 17.9. The van der Waals surface area contributed by atoms with Crippen molar-refractivity contribution in [3.05, 3.63) is 0 Å². The average molecular weight is 190 g/mol. The first-order chi connectivity index (χ1) is 6.11. The third-order valence-corrected chi connectivity index (χ3v) is 1.87. The largest absolute Gasteiger partial charge is 0.450 e. The van der Waals surface area contributed by atoms with Gasteiger partial charge >= 0.3 is 5.97 Å². The van der Waals surface area contributed by atoms with Crippen molar-refractivity contribution in [2.24, 2.45) is 0 Å². The molecule has 2 N–H and O–H groups in total. The van der Waals surface area contributed by atoms with Crippen LogP contribution in [0.4, 0.5) is 0 Å². The molecule has 6 heteroatoms. The lowest BCUT2D eigenvalue weighted by Gasteiger charge is -2.19. The van der Waals surface area contributed by atoms with Gasteiger partial charge in [-0.3, -0.25) is 4.79 Å². The summed E-state index contributed by atoms with van der Waals surface area (Å²) in [4.78, 5) is 21.5. The van der Waals surface area contributed by atoms with Gasteiger partial charge in [-0.05, 0) is 0 Å². The lowest BCUT2D eigenvalue weighted by molar-refractivity contribution is -0.152. The third kappa shape index (κ3) is 1.69. The van der Waals surface area contributed by atoms with E-state index in [4.69, 9.17) is 9.84 Å². The number of aliphatic hydroxyl groups is 2. The van der Waals surface area contributed by atoms with Crippen molar-refractivity contribution in [3.8, 4) is 0 Å². The van der Waals surface area contributed by atoms with E-state index in [9.17, 15) is 14.7 Å². The number of methoxy groups -OCH3 is 1. The maximum Gasteiger partial charge on any atom is 0.378 e. The lowest BCUT2D eigenvalue weighted by atomic mass is 10.1. The zero-order valence-corrected chi connectivity index (χ0v) is 6.97. The monoisotopic (exact) mass is 190 g/mol. The van der Waals surface area contributed by atoms with Crippen molar-refractivity contribution in [1.82, 2.24) is 0 Å². The number of esters is 1. The minimum atomic E-state index is -1.54. The summed E-state index contributed by atoms with van der Waals surface area (Å²) in [7, 11) is 1.28. The van der Waals surface area contributed by atoms with E-state index >= 15 is 0 Å². The van der Waals surface area contributed by atoms with Gasteiger partial charge in [0.15, 0.2) is 12.2 Å². The molecule has 0 aliphatic carbocycles. The SMILES string of the molecule is CO[C@H](CO)[C@H]1OC(=O)C(=O)C1O. The molecule has 3 atom stereocenters. The van der Waals surface area contributed by atoms with Gasteiger partial charge in [-0.25, -0.2) is 4.79 Å². The van der Waals surface area contributed by atoms with E-state index in [1.807, 2.05) is 0 Å². The normalized spacial score (nSPS) is 30.4. The van der Waals surface area contributed by atoms with Crippen LogP contribution in [0.15, 0.2) is 0 Å². The molecule has 1 heterocycles. The van der Waals surface area contributed by atoms with E-state index in [0.717, 1.165) is 0 Å². The molecule has 74 valence electrons. The first kappa shape index (κ1) is 10.1. The standard InChI is InChI=1S/C7H10O6/c1-12-3(2-8)6-4(9)5(10)7(11)13-6/h3-4,6,8-9H,2H2,1H3/t3-,4?,6-/m1/s1. The molecule has 1 fully saturated rings. The van der Waals surface area contributed by atoms with E-state index in [0.29, 0.717) is 0 Å². The number of ketones is 1. The molecular formula is C7H10O6. The minimum Gasteiger partial charge on any atom is -0.450 e. The van der Waals surface area contributed by atoms with Gasteiger partial charge < -0.3 is 19.7 Å². The summed E-state index contributed by atoms with van der Waals surface area (Å²) in [6.07, 6.45) is -3.51. The van der Waals surface area contributed by atoms with Crippen molar-refractivity contribution in [2.45, 2.75) is 18.3 Å². The molecule has 1 aliphatic rings. The highest BCUT2D eigenvalue weighted by Crippen LogP contribution is 2.16. The number of Topliss-reactive ketones (excluding diaryl/α,β-unsaturated/α-hetero) is 1. The van der Waals surface area contributed by atoms with Crippen LogP contribution in [-0.2, 0) is 19.1 Å². The molecule has 0 aromatic heterocycles. The highest BCUT2D eigenvalue weighted by atomic mass is 16.6. The zero-order valence-electron chi connectivity index (χ0n) is 6.97. The zero-order chi connectivity index (χ0) is 10.0. The summed E-state index contributed by atoms with van der Waals surface area (Å²) in [5.74, 6) is -2.09. The van der Waals surface area contributed by atoms with Gasteiger partial charge in [0.25, 0.3) is 5.78 Å². The van der Waals surface area contributed by atoms with Gasteiger partial charge in [-0.2, -0.15) is 0 Å². The fraction of sp³-hybridized carbons (Fsp3) is 0.714. The second kappa shape index (κ2) is 3.82. The van der Waals surface area contributed by atoms with E-state index in [2.05, 4.69) is 4.74 Å². The summed E-state index contributed by atoms with van der Waals surface area (Å²) in [6, 6.07) is 0. The number of aliphatic hydroxyl groups excluding tert-OH is 2. The van der Waals surface area contributed by atoms with Crippen LogP contribution >= 0.6 is 0 Å². The maximum atomic E-state index is 10.8. The van der Waals surface area contributed by atoms with Crippen LogP contribution in [-0.4, -0.2) is 54.0 Å². The summed E-state index contributed by atoms with van der Waals surface area (Å²) in [5.41, 5.74) is 0. The van der Waals surface area contributed by atoms with Crippen molar-refractivity contribution < 1.29 is 29.3 Å². The molecule has 1 rings (SSSR count). The number of carbonyl (C=O) groups is 2. The van der Waals surface area contributed by atoms with Crippen LogP contribution < -0.4 is 0 Å². The van der Waals surface area contributed by atoms with Gasteiger partial charge in [0.2, 0.25) is 0 Å². The van der Waals surface area contributed by atoms with Crippen LogP contribution in [0.5, 0.6) is 0 Å². The fourth-order valence-corrected chi connectivity index (χ4v) is 1.11. The Balaban J connectivity index is 2.72. The molecular weight excluding hydrogens is 180 g/mol. The molecule has 6 nitrogen and oxygen atoms in total. The Morgan fingerprint density at radius 3 is 2.54 bits per heavy atom. The first-order valence-electron chi connectivity index (χ1n) is 3.68. The van der Waals surface area contributed by atoms with Gasteiger partial charge in [-0.1, -0.05) is 0 Å². The molecule has 1 aliphatic heterocycles. The molecule has 0 spiro atoms. The summed E-state index contributed by atoms with van der Waals surface area (Å²) in [6.45, 7) is -0.432. The highest BCUT2D eigenvalue weighted by Gasteiger charge is 2.46. The molecule has 0 radical (unpaired) electrons. The number of rotatable bonds is 3. The van der Waals surface area contributed by atoms with Gasteiger partial charge in [0.1, 0.15) is 6.10 Å². The summed E-state index contributed by atoms with van der Waals surface area (Å²) < 4.78 is 9.22.